The third-order valence-corrected chi connectivity index (χ3v) is 7.42. The van der Waals surface area contributed by atoms with Crippen LogP contribution in [0.15, 0.2) is 36.7 Å². The number of carbonyl (C=O) groups is 4. The van der Waals surface area contributed by atoms with Crippen molar-refractivity contribution in [2.75, 3.05) is 25.0 Å². The number of rotatable bonds is 10. The molecule has 1 aromatic heterocycles. The maximum absolute atomic E-state index is 13.0. The van der Waals surface area contributed by atoms with Crippen molar-refractivity contribution >= 4 is 29.8 Å². The second kappa shape index (κ2) is 14.8. The molecule has 1 aromatic carbocycles. The van der Waals surface area contributed by atoms with Gasteiger partial charge in [-0.05, 0) is 70.4 Å². The standard InChI is InChI=1S/C31H43N7O5/c1-31(2,3)43-30(42)34-14-8-4-5-11-25(39)35-23-12-17-38(18-13-23)29(41)37-27-26(32-15-16-33-27)28(40)36-24-19-21-9-6-7-10-22(21)20-24/h6-7,9-10,15-16,23-24H,4-5,8,11-14,17-20H2,1-3H3,(H,34,42)(H,35,39)(H,36,40)(H,33,37,41). The van der Waals surface area contributed by atoms with Crippen molar-refractivity contribution in [1.82, 2.24) is 30.8 Å². The lowest BCUT2D eigenvalue weighted by Gasteiger charge is -2.32. The minimum atomic E-state index is -0.524. The van der Waals surface area contributed by atoms with E-state index >= 15 is 0 Å². The molecular formula is C31H43N7O5. The van der Waals surface area contributed by atoms with Gasteiger partial charge in [-0.3, -0.25) is 14.9 Å². The zero-order valence-corrected chi connectivity index (χ0v) is 25.3. The smallest absolute Gasteiger partial charge is 0.407 e. The highest BCUT2D eigenvalue weighted by atomic mass is 16.6. The number of nitrogens with one attached hydrogen (secondary N) is 4. The molecule has 12 nitrogen and oxygen atoms in total. The molecule has 0 spiro atoms. The molecule has 0 unspecified atom stereocenters. The number of fused-ring (bicyclic) bond motifs is 1. The van der Waals surface area contributed by atoms with Gasteiger partial charge in [-0.15, -0.1) is 0 Å². The molecule has 0 atom stereocenters. The van der Waals surface area contributed by atoms with Gasteiger partial charge in [0.05, 0.1) is 0 Å². The van der Waals surface area contributed by atoms with Gasteiger partial charge in [0.15, 0.2) is 11.5 Å². The van der Waals surface area contributed by atoms with Gasteiger partial charge in [0.2, 0.25) is 5.91 Å². The summed E-state index contributed by atoms with van der Waals surface area (Å²) in [4.78, 5) is 60.2. The highest BCUT2D eigenvalue weighted by Crippen LogP contribution is 2.22. The zero-order valence-electron chi connectivity index (χ0n) is 25.3. The van der Waals surface area contributed by atoms with E-state index in [0.717, 1.165) is 32.1 Å². The number of amides is 5. The van der Waals surface area contributed by atoms with Gasteiger partial charge in [-0.1, -0.05) is 30.7 Å². The van der Waals surface area contributed by atoms with E-state index in [-0.39, 0.29) is 41.4 Å². The van der Waals surface area contributed by atoms with Crippen molar-refractivity contribution in [3.63, 3.8) is 0 Å². The Bertz CT molecular complexity index is 1260. The van der Waals surface area contributed by atoms with Crippen molar-refractivity contribution in [3.05, 3.63) is 53.5 Å². The second-order valence-electron chi connectivity index (χ2n) is 12.1. The van der Waals surface area contributed by atoms with Crippen LogP contribution >= 0.6 is 0 Å². The van der Waals surface area contributed by atoms with Gasteiger partial charge in [0.25, 0.3) is 5.91 Å². The molecule has 2 aromatic rings. The van der Waals surface area contributed by atoms with Crippen molar-refractivity contribution in [2.24, 2.45) is 0 Å². The fourth-order valence-corrected chi connectivity index (χ4v) is 5.31. The fraction of sp³-hybridized carbons (Fsp3) is 0.548. The summed E-state index contributed by atoms with van der Waals surface area (Å²) in [6, 6.07) is 7.74. The number of hydrogen-bond donors (Lipinski definition) is 4. The zero-order chi connectivity index (χ0) is 30.8. The van der Waals surface area contributed by atoms with Crippen LogP contribution in [0.4, 0.5) is 15.4 Å². The first-order valence-corrected chi connectivity index (χ1v) is 15.1. The van der Waals surface area contributed by atoms with Gasteiger partial charge < -0.3 is 25.6 Å². The summed E-state index contributed by atoms with van der Waals surface area (Å²) in [6.45, 7) is 6.89. The Balaban J connectivity index is 1.13. The lowest BCUT2D eigenvalue weighted by Crippen LogP contribution is -2.48. The van der Waals surface area contributed by atoms with Gasteiger partial charge in [0, 0.05) is 50.5 Å². The van der Waals surface area contributed by atoms with E-state index in [2.05, 4.69) is 43.4 Å². The number of unbranched alkanes of at least 4 members (excludes halogenated alkanes) is 2. The van der Waals surface area contributed by atoms with E-state index in [4.69, 9.17) is 4.74 Å². The Morgan fingerprint density at radius 3 is 2.26 bits per heavy atom. The number of carbonyl (C=O) groups excluding carboxylic acids is 4. The molecule has 4 N–H and O–H groups in total. The molecule has 0 radical (unpaired) electrons. The lowest BCUT2D eigenvalue weighted by atomic mass is 10.0. The number of urea groups is 1. The average Bonchev–Trinajstić information content (AvgIpc) is 3.37. The predicted molar refractivity (Wildman–Crippen MR) is 162 cm³/mol. The lowest BCUT2D eigenvalue weighted by molar-refractivity contribution is -0.122. The summed E-state index contributed by atoms with van der Waals surface area (Å²) in [6.07, 6.45) is 7.94. The van der Waals surface area contributed by atoms with Gasteiger partial charge in [0.1, 0.15) is 5.60 Å². The number of nitrogens with zero attached hydrogens (tertiary/aromatic N) is 3. The number of likely N-dealkylation sites (tertiary alicyclic amines) is 1. The van der Waals surface area contributed by atoms with Gasteiger partial charge in [-0.25, -0.2) is 19.6 Å². The first-order valence-electron chi connectivity index (χ1n) is 15.1. The molecule has 12 heteroatoms. The molecule has 1 fully saturated rings. The number of alkyl carbamates (subject to hydrolysis) is 1. The van der Waals surface area contributed by atoms with E-state index in [1.165, 1.54) is 23.5 Å². The molecule has 2 aliphatic rings. The van der Waals surface area contributed by atoms with Crippen LogP contribution in [0.3, 0.4) is 0 Å². The van der Waals surface area contributed by atoms with Crippen LogP contribution < -0.4 is 21.3 Å². The number of hydrogen-bond acceptors (Lipinski definition) is 7. The average molecular weight is 594 g/mol. The maximum Gasteiger partial charge on any atom is 0.407 e. The summed E-state index contributed by atoms with van der Waals surface area (Å²) < 4.78 is 5.20. The molecule has 0 bridgehead atoms. The second-order valence-corrected chi connectivity index (χ2v) is 12.1. The van der Waals surface area contributed by atoms with Crippen molar-refractivity contribution in [1.29, 1.82) is 0 Å². The highest BCUT2D eigenvalue weighted by Gasteiger charge is 2.27. The molecule has 0 saturated carbocycles. The fourth-order valence-electron chi connectivity index (χ4n) is 5.31. The summed E-state index contributed by atoms with van der Waals surface area (Å²) in [7, 11) is 0. The molecule has 1 aliphatic heterocycles. The van der Waals surface area contributed by atoms with Crippen LogP contribution in [-0.4, -0.2) is 76.1 Å². The van der Waals surface area contributed by atoms with Gasteiger partial charge >= 0.3 is 12.1 Å². The molecule has 1 aliphatic carbocycles. The van der Waals surface area contributed by atoms with Crippen molar-refractivity contribution in [3.8, 4) is 0 Å². The Hall–Kier alpha value is -4.22. The number of ether oxygens (including phenoxy) is 1. The molecule has 1 saturated heterocycles. The summed E-state index contributed by atoms with van der Waals surface area (Å²) >= 11 is 0. The van der Waals surface area contributed by atoms with Gasteiger partial charge in [-0.2, -0.15) is 0 Å². The minimum absolute atomic E-state index is 0.00113. The van der Waals surface area contributed by atoms with E-state index in [1.54, 1.807) is 4.90 Å². The maximum atomic E-state index is 13.0. The number of benzene rings is 1. The molecular weight excluding hydrogens is 550 g/mol. The first kappa shape index (κ1) is 31.7. The van der Waals surface area contributed by atoms with E-state index in [1.807, 2.05) is 32.9 Å². The van der Waals surface area contributed by atoms with Crippen molar-refractivity contribution < 1.29 is 23.9 Å². The highest BCUT2D eigenvalue weighted by molar-refractivity contribution is 6.00. The van der Waals surface area contributed by atoms with Crippen LogP contribution in [0.2, 0.25) is 0 Å². The summed E-state index contributed by atoms with van der Waals surface area (Å²) in [5.74, 6) is -0.261. The SMILES string of the molecule is CC(C)(C)OC(=O)NCCCCCC(=O)NC1CCN(C(=O)Nc2nccnc2C(=O)NC2Cc3ccccc3C2)CC1. The van der Waals surface area contributed by atoms with Crippen LogP contribution in [0.5, 0.6) is 0 Å². The summed E-state index contributed by atoms with van der Waals surface area (Å²) in [5, 5.41) is 11.6. The van der Waals surface area contributed by atoms with E-state index in [9.17, 15) is 19.2 Å². The molecule has 2 heterocycles. The molecule has 232 valence electrons. The first-order chi connectivity index (χ1) is 20.6. The van der Waals surface area contributed by atoms with Crippen LogP contribution in [0, 0.1) is 0 Å². The van der Waals surface area contributed by atoms with E-state index in [0.29, 0.717) is 38.9 Å². The topological polar surface area (TPSA) is 155 Å². The van der Waals surface area contributed by atoms with Crippen molar-refractivity contribution in [2.45, 2.75) is 89.8 Å². The normalized spacial score (nSPS) is 15.4. The summed E-state index contributed by atoms with van der Waals surface area (Å²) in [5.41, 5.74) is 2.01. The molecule has 4 rings (SSSR count). The monoisotopic (exact) mass is 593 g/mol. The molecule has 43 heavy (non-hydrogen) atoms. The van der Waals surface area contributed by atoms with Crippen LogP contribution in [0.1, 0.15) is 80.9 Å². The Morgan fingerprint density at radius 1 is 0.907 bits per heavy atom. The number of aromatic nitrogens is 2. The van der Waals surface area contributed by atoms with E-state index < -0.39 is 11.7 Å². The number of anilines is 1. The molecule has 5 amide bonds. The Morgan fingerprint density at radius 2 is 1.58 bits per heavy atom. The quantitative estimate of drug-likeness (QED) is 0.307. The third kappa shape index (κ3) is 9.93. The largest absolute Gasteiger partial charge is 0.444 e. The number of piperidine rings is 1. The third-order valence-electron chi connectivity index (χ3n) is 7.42. The Kier molecular flexibility index (Phi) is 10.9. The predicted octanol–water partition coefficient (Wildman–Crippen LogP) is 3.57. The van der Waals surface area contributed by atoms with Crippen LogP contribution in [0.25, 0.3) is 0 Å². The van der Waals surface area contributed by atoms with Crippen LogP contribution in [-0.2, 0) is 22.4 Å². The Labute approximate surface area is 252 Å². The minimum Gasteiger partial charge on any atom is -0.444 e.